The predicted molar refractivity (Wildman–Crippen MR) is 107 cm³/mol. The Morgan fingerprint density at radius 3 is 2.64 bits per heavy atom. The fourth-order valence-corrected chi connectivity index (χ4v) is 3.89. The molecule has 0 radical (unpaired) electrons. The van der Waals surface area contributed by atoms with Crippen molar-refractivity contribution in [2.75, 3.05) is 13.2 Å². The van der Waals surface area contributed by atoms with E-state index in [0.717, 1.165) is 31.5 Å². The molecular formula is C23H42O2. The fourth-order valence-electron chi connectivity index (χ4n) is 3.89. The number of unbranched alkanes of at least 4 members (excludes halogenated alkanes) is 8. The Hall–Kier alpha value is -0.340. The molecule has 0 aromatic heterocycles. The van der Waals surface area contributed by atoms with Gasteiger partial charge in [0.1, 0.15) is 0 Å². The summed E-state index contributed by atoms with van der Waals surface area (Å²) < 4.78 is 11.4. The van der Waals surface area contributed by atoms with Gasteiger partial charge in [-0.15, -0.1) is 0 Å². The third-order valence-corrected chi connectivity index (χ3v) is 5.75. The molecule has 1 saturated carbocycles. The summed E-state index contributed by atoms with van der Waals surface area (Å²) in [6.45, 7) is 4.06. The minimum atomic E-state index is 0.0957. The van der Waals surface area contributed by atoms with Gasteiger partial charge in [0.05, 0.1) is 0 Å². The zero-order chi connectivity index (χ0) is 17.6. The first-order valence-corrected chi connectivity index (χ1v) is 11.3. The van der Waals surface area contributed by atoms with Crippen molar-refractivity contribution in [2.45, 2.75) is 110 Å². The number of allylic oxidation sites excluding steroid dienone is 2. The minimum Gasteiger partial charge on any atom is -0.353 e. The topological polar surface area (TPSA) is 18.5 Å². The molecule has 0 bridgehead atoms. The van der Waals surface area contributed by atoms with Crippen LogP contribution in [0.1, 0.15) is 103 Å². The first-order valence-electron chi connectivity index (χ1n) is 11.3. The second kappa shape index (κ2) is 13.8. The average molecular weight is 351 g/mol. The van der Waals surface area contributed by atoms with E-state index in [1.165, 1.54) is 89.9 Å². The quantitative estimate of drug-likeness (QED) is 0.233. The van der Waals surface area contributed by atoms with Gasteiger partial charge in [0.15, 0.2) is 6.29 Å². The van der Waals surface area contributed by atoms with Crippen LogP contribution in [-0.2, 0) is 9.47 Å². The van der Waals surface area contributed by atoms with Gasteiger partial charge in [-0.05, 0) is 63.2 Å². The van der Waals surface area contributed by atoms with Crippen LogP contribution in [0, 0.1) is 11.8 Å². The highest BCUT2D eigenvalue weighted by Crippen LogP contribution is 2.43. The van der Waals surface area contributed by atoms with Gasteiger partial charge in [0.25, 0.3) is 0 Å². The van der Waals surface area contributed by atoms with Gasteiger partial charge in [-0.3, -0.25) is 0 Å². The molecule has 1 heterocycles. The van der Waals surface area contributed by atoms with E-state index in [9.17, 15) is 0 Å². The van der Waals surface area contributed by atoms with Crippen LogP contribution in [0.4, 0.5) is 0 Å². The molecule has 0 aromatic rings. The summed E-state index contributed by atoms with van der Waals surface area (Å²) in [5.74, 6) is 1.90. The lowest BCUT2D eigenvalue weighted by atomic mass is 10.1. The maximum Gasteiger partial charge on any atom is 0.157 e. The molecule has 1 aliphatic carbocycles. The first kappa shape index (κ1) is 21.0. The lowest BCUT2D eigenvalue weighted by molar-refractivity contribution is -0.162. The van der Waals surface area contributed by atoms with Crippen LogP contribution in [0.5, 0.6) is 0 Å². The maximum absolute atomic E-state index is 5.80. The molecule has 25 heavy (non-hydrogen) atoms. The van der Waals surface area contributed by atoms with Gasteiger partial charge in [-0.25, -0.2) is 0 Å². The Morgan fingerprint density at radius 2 is 1.80 bits per heavy atom. The third kappa shape index (κ3) is 10.4. The van der Waals surface area contributed by atoms with E-state index in [1.54, 1.807) is 0 Å². The van der Waals surface area contributed by atoms with Gasteiger partial charge in [0.2, 0.25) is 0 Å². The highest BCUT2D eigenvalue weighted by molar-refractivity contribution is 5.01. The molecule has 1 saturated heterocycles. The smallest absolute Gasteiger partial charge is 0.157 e. The largest absolute Gasteiger partial charge is 0.353 e. The van der Waals surface area contributed by atoms with Crippen molar-refractivity contribution in [3.8, 4) is 0 Å². The Bertz CT molecular complexity index is 333. The normalized spacial score (nSPS) is 26.4. The molecule has 2 heteroatoms. The summed E-state index contributed by atoms with van der Waals surface area (Å²) in [6, 6.07) is 0. The second-order valence-corrected chi connectivity index (χ2v) is 8.16. The van der Waals surface area contributed by atoms with Crippen molar-refractivity contribution >= 4 is 0 Å². The number of rotatable bonds is 15. The van der Waals surface area contributed by atoms with Crippen LogP contribution >= 0.6 is 0 Å². The van der Waals surface area contributed by atoms with Crippen LogP contribution in [0.25, 0.3) is 0 Å². The summed E-state index contributed by atoms with van der Waals surface area (Å²) in [6.07, 6.45) is 25.1. The molecule has 2 aliphatic rings. The van der Waals surface area contributed by atoms with E-state index in [2.05, 4.69) is 19.1 Å². The molecule has 2 rings (SSSR count). The summed E-state index contributed by atoms with van der Waals surface area (Å²) >= 11 is 0. The van der Waals surface area contributed by atoms with Crippen molar-refractivity contribution in [3.05, 3.63) is 12.2 Å². The Balaban J connectivity index is 1.32. The molecule has 1 aliphatic heterocycles. The Kier molecular flexibility index (Phi) is 11.6. The molecule has 0 amide bonds. The predicted octanol–water partition coefficient (Wildman–Crippen LogP) is 7.03. The second-order valence-electron chi connectivity index (χ2n) is 8.16. The highest BCUT2D eigenvalue weighted by Gasteiger charge is 2.33. The number of hydrogen-bond acceptors (Lipinski definition) is 2. The molecule has 146 valence electrons. The summed E-state index contributed by atoms with van der Waals surface area (Å²) in [5.41, 5.74) is 0. The van der Waals surface area contributed by atoms with Gasteiger partial charge in [-0.1, -0.05) is 64.0 Å². The van der Waals surface area contributed by atoms with Gasteiger partial charge >= 0.3 is 0 Å². The SMILES string of the molecule is CCCCCCCC/C=C/[C@H]1C[C@H]1CCCCCOC1CCCCO1. The van der Waals surface area contributed by atoms with Crippen molar-refractivity contribution in [1.29, 1.82) is 0 Å². The Morgan fingerprint density at radius 1 is 0.960 bits per heavy atom. The summed E-state index contributed by atoms with van der Waals surface area (Å²) in [5, 5.41) is 0. The van der Waals surface area contributed by atoms with Crippen LogP contribution in [-0.4, -0.2) is 19.5 Å². The van der Waals surface area contributed by atoms with Crippen molar-refractivity contribution < 1.29 is 9.47 Å². The van der Waals surface area contributed by atoms with Crippen LogP contribution in [0.3, 0.4) is 0 Å². The van der Waals surface area contributed by atoms with Crippen LogP contribution in [0.15, 0.2) is 12.2 Å². The first-order chi connectivity index (χ1) is 12.4. The fraction of sp³-hybridized carbons (Fsp3) is 0.913. The lowest BCUT2D eigenvalue weighted by Gasteiger charge is -2.22. The number of ether oxygens (including phenoxy) is 2. The van der Waals surface area contributed by atoms with E-state index in [0.29, 0.717) is 0 Å². The van der Waals surface area contributed by atoms with E-state index in [4.69, 9.17) is 9.47 Å². The highest BCUT2D eigenvalue weighted by atomic mass is 16.7. The van der Waals surface area contributed by atoms with Gasteiger partial charge in [-0.2, -0.15) is 0 Å². The van der Waals surface area contributed by atoms with Gasteiger partial charge in [0, 0.05) is 13.2 Å². The molecule has 0 aromatic carbocycles. The number of hydrogen-bond donors (Lipinski definition) is 0. The zero-order valence-electron chi connectivity index (χ0n) is 16.7. The summed E-state index contributed by atoms with van der Waals surface area (Å²) in [7, 11) is 0. The lowest BCUT2D eigenvalue weighted by Crippen LogP contribution is -2.22. The van der Waals surface area contributed by atoms with Crippen LogP contribution < -0.4 is 0 Å². The molecular weight excluding hydrogens is 308 g/mol. The molecule has 2 fully saturated rings. The van der Waals surface area contributed by atoms with Crippen molar-refractivity contribution in [2.24, 2.45) is 11.8 Å². The van der Waals surface area contributed by atoms with Gasteiger partial charge < -0.3 is 9.47 Å². The summed E-state index contributed by atoms with van der Waals surface area (Å²) in [4.78, 5) is 0. The monoisotopic (exact) mass is 350 g/mol. The molecule has 3 atom stereocenters. The molecule has 1 unspecified atom stereocenters. The standard InChI is InChI=1S/C23H42O2/c1-2-3-4-5-6-7-8-10-15-21-20-22(21)16-11-9-13-18-24-23-17-12-14-19-25-23/h10,15,21-23H,2-9,11-14,16-20H2,1H3/b15-10+/t21-,22+,23?/m0/s1. The van der Waals surface area contributed by atoms with Crippen LogP contribution in [0.2, 0.25) is 0 Å². The van der Waals surface area contributed by atoms with E-state index in [1.807, 2.05) is 0 Å². The van der Waals surface area contributed by atoms with E-state index >= 15 is 0 Å². The molecule has 0 spiro atoms. The molecule has 0 N–H and O–H groups in total. The minimum absolute atomic E-state index is 0.0957. The Labute approximate surface area is 156 Å². The van der Waals surface area contributed by atoms with Crippen molar-refractivity contribution in [1.82, 2.24) is 0 Å². The maximum atomic E-state index is 5.80. The third-order valence-electron chi connectivity index (χ3n) is 5.75. The average Bonchev–Trinajstić information content (AvgIpc) is 3.39. The van der Waals surface area contributed by atoms with E-state index in [-0.39, 0.29) is 6.29 Å². The molecule has 2 nitrogen and oxygen atoms in total. The zero-order valence-corrected chi connectivity index (χ0v) is 16.7. The van der Waals surface area contributed by atoms with E-state index < -0.39 is 0 Å². The van der Waals surface area contributed by atoms with Crippen molar-refractivity contribution in [3.63, 3.8) is 0 Å².